The topological polar surface area (TPSA) is 64.6 Å². The Morgan fingerprint density at radius 3 is 2.25 bits per heavy atom. The molecule has 3 aliphatic carbocycles. The van der Waals surface area contributed by atoms with Crippen molar-refractivity contribution in [1.29, 1.82) is 0 Å². The number of halogens is 3. The Labute approximate surface area is 241 Å². The van der Waals surface area contributed by atoms with Crippen molar-refractivity contribution in [2.75, 3.05) is 20.3 Å². The molecule has 0 saturated heterocycles. The lowest BCUT2D eigenvalue weighted by molar-refractivity contribution is -0.174. The fourth-order valence-corrected chi connectivity index (χ4v) is 9.22. The van der Waals surface area contributed by atoms with Gasteiger partial charge in [-0.2, -0.15) is 13.2 Å². The molecule has 0 aromatic rings. The second kappa shape index (κ2) is 11.6. The van der Waals surface area contributed by atoms with Crippen LogP contribution in [0.4, 0.5) is 13.2 Å². The molecule has 3 rings (SSSR count). The molecular formula is C31H54F3NO4Si. The standard InChI is InChI=1S/C31H54F3NO4Si/c1-19-11-12-24-23(17-35-27(37)31(32,33)34)25(13-14-29(19,24)6)30(7)16-22(20(2)38-8)26(36)15-21(30)18-39-40(9,10)28(3,4)5/h19-25H,11-18H2,1-10H3,(H,35,37)/t19-,20?,21+,22?,23-,24-,25-,29+,30-/m0/s1. The number of ether oxygens (including phenoxy) is 1. The van der Waals surface area contributed by atoms with Gasteiger partial charge in [0.25, 0.3) is 0 Å². The van der Waals surface area contributed by atoms with Gasteiger partial charge in [0.15, 0.2) is 8.32 Å². The first-order chi connectivity index (χ1) is 18.2. The number of Topliss-reactive ketones (excluding diaryl/α,β-unsaturated/α-hetero) is 1. The van der Waals surface area contributed by atoms with E-state index < -0.39 is 20.4 Å². The molecule has 0 aliphatic heterocycles. The highest BCUT2D eigenvalue weighted by Gasteiger charge is 2.59. The van der Waals surface area contributed by atoms with Gasteiger partial charge in [-0.05, 0) is 97.6 Å². The molecule has 1 amide bonds. The molecule has 9 heteroatoms. The molecule has 2 unspecified atom stereocenters. The van der Waals surface area contributed by atoms with E-state index in [1.807, 2.05) is 6.92 Å². The second-order valence-corrected chi connectivity index (χ2v) is 20.1. The number of hydrogen-bond acceptors (Lipinski definition) is 4. The third kappa shape index (κ3) is 6.36. The zero-order valence-corrected chi connectivity index (χ0v) is 27.5. The minimum absolute atomic E-state index is 0.0137. The van der Waals surface area contributed by atoms with Gasteiger partial charge in [0.1, 0.15) is 5.78 Å². The number of rotatable bonds is 8. The van der Waals surface area contributed by atoms with Crippen molar-refractivity contribution >= 4 is 20.0 Å². The summed E-state index contributed by atoms with van der Waals surface area (Å²) in [5.74, 6) is -1.30. The Kier molecular flexibility index (Phi) is 9.76. The SMILES string of the molecule is COC(C)C1C[C@](C)([C@H]2CC[C@]3(C)[C@@H](C)CC[C@H]3[C@@H]2CNC(=O)C(F)(F)F)[C@@H](CO[Si](C)(C)C(C)(C)C)CC1=O. The highest BCUT2D eigenvalue weighted by atomic mass is 28.4. The molecule has 0 spiro atoms. The Hall–Kier alpha value is -0.933. The highest BCUT2D eigenvalue weighted by molar-refractivity contribution is 6.74. The summed E-state index contributed by atoms with van der Waals surface area (Å²) in [7, 11) is -0.469. The fraction of sp³-hybridized carbons (Fsp3) is 0.935. The van der Waals surface area contributed by atoms with Crippen LogP contribution in [-0.4, -0.2) is 52.5 Å². The number of fused-ring (bicyclic) bond motifs is 1. The summed E-state index contributed by atoms with van der Waals surface area (Å²) in [5, 5.41) is 2.31. The molecule has 3 aliphatic rings. The van der Waals surface area contributed by atoms with E-state index in [9.17, 15) is 22.8 Å². The van der Waals surface area contributed by atoms with Crippen LogP contribution in [0.1, 0.15) is 87.0 Å². The third-order valence-electron chi connectivity index (χ3n) is 12.4. The minimum Gasteiger partial charge on any atom is -0.417 e. The van der Waals surface area contributed by atoms with Crippen molar-refractivity contribution in [2.45, 2.75) is 117 Å². The number of nitrogens with one attached hydrogen (secondary N) is 1. The molecule has 0 radical (unpaired) electrons. The molecule has 0 heterocycles. The largest absolute Gasteiger partial charge is 0.471 e. The molecule has 3 fully saturated rings. The Morgan fingerprint density at radius 2 is 1.70 bits per heavy atom. The van der Waals surface area contributed by atoms with Gasteiger partial charge in [-0.3, -0.25) is 9.59 Å². The lowest BCUT2D eigenvalue weighted by Gasteiger charge is -2.58. The van der Waals surface area contributed by atoms with Gasteiger partial charge >= 0.3 is 12.1 Å². The smallest absolute Gasteiger partial charge is 0.417 e. The molecule has 9 atom stereocenters. The molecule has 1 N–H and O–H groups in total. The summed E-state index contributed by atoms with van der Waals surface area (Å²) in [5.41, 5.74) is -0.300. The van der Waals surface area contributed by atoms with Crippen LogP contribution in [0.2, 0.25) is 18.1 Å². The quantitative estimate of drug-likeness (QED) is 0.300. The van der Waals surface area contributed by atoms with E-state index in [4.69, 9.17) is 9.16 Å². The zero-order valence-electron chi connectivity index (χ0n) is 26.5. The van der Waals surface area contributed by atoms with Crippen molar-refractivity contribution in [3.05, 3.63) is 0 Å². The number of ketones is 1. The predicted molar refractivity (Wildman–Crippen MR) is 154 cm³/mol. The lowest BCUT2D eigenvalue weighted by atomic mass is 9.48. The summed E-state index contributed by atoms with van der Waals surface area (Å²) >= 11 is 0. The number of carbonyl (C=O) groups excluding carboxylic acids is 2. The summed E-state index contributed by atoms with van der Waals surface area (Å²) in [6.07, 6.45) is -0.239. The van der Waals surface area contributed by atoms with E-state index in [0.717, 1.165) is 25.7 Å². The monoisotopic (exact) mass is 589 g/mol. The summed E-state index contributed by atoms with van der Waals surface area (Å²) in [4.78, 5) is 25.5. The van der Waals surface area contributed by atoms with Gasteiger partial charge < -0.3 is 14.5 Å². The fourth-order valence-electron chi connectivity index (χ4n) is 8.17. The second-order valence-electron chi connectivity index (χ2n) is 15.3. The maximum absolute atomic E-state index is 13.5. The van der Waals surface area contributed by atoms with Crippen LogP contribution in [0.5, 0.6) is 0 Å². The summed E-state index contributed by atoms with van der Waals surface area (Å²) in [6.45, 7) is 20.3. The van der Waals surface area contributed by atoms with Crippen LogP contribution in [0.15, 0.2) is 0 Å². The van der Waals surface area contributed by atoms with E-state index >= 15 is 0 Å². The van der Waals surface area contributed by atoms with Crippen LogP contribution >= 0.6 is 0 Å². The molecule has 232 valence electrons. The normalized spacial score (nSPS) is 38.2. The van der Waals surface area contributed by atoms with E-state index in [1.54, 1.807) is 7.11 Å². The first kappa shape index (κ1) is 33.6. The van der Waals surface area contributed by atoms with Gasteiger partial charge in [-0.15, -0.1) is 0 Å². The van der Waals surface area contributed by atoms with Gasteiger partial charge in [0, 0.05) is 32.6 Å². The maximum Gasteiger partial charge on any atom is 0.471 e. The van der Waals surface area contributed by atoms with Crippen LogP contribution in [0, 0.1) is 46.3 Å². The first-order valence-corrected chi connectivity index (χ1v) is 18.1. The number of hydrogen-bond donors (Lipinski definition) is 1. The van der Waals surface area contributed by atoms with Gasteiger partial charge in [-0.1, -0.05) is 41.5 Å². The van der Waals surface area contributed by atoms with E-state index in [1.165, 1.54) is 0 Å². The van der Waals surface area contributed by atoms with Crippen LogP contribution in [0.3, 0.4) is 0 Å². The van der Waals surface area contributed by atoms with Crippen molar-refractivity contribution in [3.8, 4) is 0 Å². The number of alkyl halides is 3. The summed E-state index contributed by atoms with van der Waals surface area (Å²) < 4.78 is 52.1. The Balaban J connectivity index is 2.02. The van der Waals surface area contributed by atoms with Gasteiger partial charge in [0.05, 0.1) is 6.10 Å². The van der Waals surface area contributed by atoms with E-state index in [-0.39, 0.29) is 63.9 Å². The number of methoxy groups -OCH3 is 1. The third-order valence-corrected chi connectivity index (χ3v) is 16.9. The molecule has 40 heavy (non-hydrogen) atoms. The van der Waals surface area contributed by atoms with E-state index in [2.05, 4.69) is 60.0 Å². The maximum atomic E-state index is 13.5. The number of carbonyl (C=O) groups is 2. The molecule has 0 aromatic heterocycles. The minimum atomic E-state index is -4.91. The highest BCUT2D eigenvalue weighted by Crippen LogP contribution is 2.64. The van der Waals surface area contributed by atoms with Crippen LogP contribution < -0.4 is 5.32 Å². The van der Waals surface area contributed by atoms with Crippen LogP contribution in [-0.2, 0) is 18.8 Å². The first-order valence-electron chi connectivity index (χ1n) is 15.2. The molecule has 0 aromatic carbocycles. The molecule has 0 bridgehead atoms. The van der Waals surface area contributed by atoms with Crippen molar-refractivity contribution < 1.29 is 31.9 Å². The van der Waals surface area contributed by atoms with E-state index in [0.29, 0.717) is 25.4 Å². The number of amides is 1. The Bertz CT molecular complexity index is 935. The average Bonchev–Trinajstić information content (AvgIpc) is 3.15. The molecule has 3 saturated carbocycles. The average molecular weight is 590 g/mol. The molecular weight excluding hydrogens is 535 g/mol. The Morgan fingerprint density at radius 1 is 1.10 bits per heavy atom. The van der Waals surface area contributed by atoms with Crippen molar-refractivity contribution in [1.82, 2.24) is 5.32 Å². The van der Waals surface area contributed by atoms with Crippen molar-refractivity contribution in [3.63, 3.8) is 0 Å². The van der Waals surface area contributed by atoms with Crippen molar-refractivity contribution in [2.24, 2.45) is 46.3 Å². The predicted octanol–water partition coefficient (Wildman–Crippen LogP) is 7.40. The lowest BCUT2D eigenvalue weighted by Crippen LogP contribution is -2.57. The zero-order chi connectivity index (χ0) is 30.5. The van der Waals surface area contributed by atoms with Gasteiger partial charge in [-0.25, -0.2) is 0 Å². The summed E-state index contributed by atoms with van der Waals surface area (Å²) in [6, 6.07) is 0. The molecule has 5 nitrogen and oxygen atoms in total. The van der Waals surface area contributed by atoms with Gasteiger partial charge in [0.2, 0.25) is 0 Å². The van der Waals surface area contributed by atoms with Crippen LogP contribution in [0.25, 0.3) is 0 Å².